The van der Waals surface area contributed by atoms with E-state index in [0.717, 1.165) is 48.8 Å². The van der Waals surface area contributed by atoms with Crippen molar-refractivity contribution in [2.45, 2.75) is 45.1 Å². The number of benzene rings is 1. The number of nitro benzene ring substituents is 1. The zero-order chi connectivity index (χ0) is 22.1. The quantitative estimate of drug-likeness (QED) is 0.190. The van der Waals surface area contributed by atoms with Crippen LogP contribution in [0.25, 0.3) is 0 Å². The Bertz CT molecular complexity index is 973. The van der Waals surface area contributed by atoms with Crippen LogP contribution < -0.4 is 10.9 Å². The number of nitro groups is 1. The molecule has 0 aliphatic heterocycles. The largest absolute Gasteiger partial charge is 0.354 e. The van der Waals surface area contributed by atoms with Crippen LogP contribution in [-0.4, -0.2) is 27.7 Å². The summed E-state index contributed by atoms with van der Waals surface area (Å²) in [4.78, 5) is 48.7. The third kappa shape index (κ3) is 6.25. The molecule has 30 heavy (non-hydrogen) atoms. The van der Waals surface area contributed by atoms with E-state index in [1.807, 2.05) is 0 Å². The van der Waals surface area contributed by atoms with Crippen molar-refractivity contribution in [3.8, 4) is 0 Å². The second-order valence-electron chi connectivity index (χ2n) is 6.87. The topological polar surface area (TPSA) is 111 Å². The van der Waals surface area contributed by atoms with Crippen LogP contribution in [0.15, 0.2) is 47.4 Å². The molecule has 160 valence electrons. The predicted molar refractivity (Wildman–Crippen MR) is 114 cm³/mol. The van der Waals surface area contributed by atoms with Crippen molar-refractivity contribution in [1.82, 2.24) is 9.88 Å². The van der Waals surface area contributed by atoms with Gasteiger partial charge in [0.15, 0.2) is 11.8 Å². The fourth-order valence-corrected chi connectivity index (χ4v) is 3.19. The van der Waals surface area contributed by atoms with Crippen molar-refractivity contribution >= 4 is 29.0 Å². The summed E-state index contributed by atoms with van der Waals surface area (Å²) in [6.07, 6.45) is 6.16. The molecular formula is C21H24ClN3O5. The molecule has 1 aromatic carbocycles. The van der Waals surface area contributed by atoms with Gasteiger partial charge in [0.25, 0.3) is 17.2 Å². The van der Waals surface area contributed by atoms with Crippen molar-refractivity contribution in [1.29, 1.82) is 0 Å². The highest BCUT2D eigenvalue weighted by molar-refractivity contribution is 6.30. The van der Waals surface area contributed by atoms with E-state index in [2.05, 4.69) is 12.2 Å². The van der Waals surface area contributed by atoms with Crippen molar-refractivity contribution in [3.05, 3.63) is 73.6 Å². The number of ketones is 1. The molecule has 0 saturated carbocycles. The number of pyridine rings is 1. The molecule has 2 rings (SSSR count). The van der Waals surface area contributed by atoms with E-state index >= 15 is 0 Å². The minimum absolute atomic E-state index is 0.0424. The molecular weight excluding hydrogens is 410 g/mol. The first-order chi connectivity index (χ1) is 14.3. The van der Waals surface area contributed by atoms with E-state index in [9.17, 15) is 24.5 Å². The van der Waals surface area contributed by atoms with Crippen LogP contribution in [0, 0.1) is 10.1 Å². The van der Waals surface area contributed by atoms with Crippen LogP contribution in [0.3, 0.4) is 0 Å². The minimum atomic E-state index is -1.52. The first-order valence-corrected chi connectivity index (χ1v) is 10.2. The number of amides is 1. The summed E-state index contributed by atoms with van der Waals surface area (Å²) in [6.45, 7) is 2.46. The van der Waals surface area contributed by atoms with E-state index in [-0.39, 0.29) is 16.3 Å². The van der Waals surface area contributed by atoms with Gasteiger partial charge in [-0.3, -0.25) is 29.1 Å². The number of hydrogen-bond acceptors (Lipinski definition) is 5. The number of unbranched alkanes of at least 4 members (excludes halogenated alkanes) is 4. The van der Waals surface area contributed by atoms with Crippen LogP contribution in [0.5, 0.6) is 0 Å². The number of hydrogen-bond donors (Lipinski definition) is 1. The summed E-state index contributed by atoms with van der Waals surface area (Å²) >= 11 is 5.97. The Balaban J connectivity index is 2.30. The Morgan fingerprint density at radius 2 is 1.90 bits per heavy atom. The summed E-state index contributed by atoms with van der Waals surface area (Å²) in [5.74, 6) is -1.39. The molecule has 0 unspecified atom stereocenters. The van der Waals surface area contributed by atoms with E-state index in [4.69, 9.17) is 11.6 Å². The zero-order valence-corrected chi connectivity index (χ0v) is 17.4. The van der Waals surface area contributed by atoms with E-state index in [1.54, 1.807) is 0 Å². The lowest BCUT2D eigenvalue weighted by Crippen LogP contribution is -2.41. The number of nitrogens with one attached hydrogen (secondary N) is 1. The maximum atomic E-state index is 13.1. The molecule has 0 fully saturated rings. The molecule has 0 bridgehead atoms. The Kier molecular flexibility index (Phi) is 8.73. The van der Waals surface area contributed by atoms with Crippen molar-refractivity contribution < 1.29 is 14.5 Å². The monoisotopic (exact) mass is 433 g/mol. The maximum Gasteiger partial charge on any atom is 0.270 e. The molecule has 8 nitrogen and oxygen atoms in total. The van der Waals surface area contributed by atoms with Gasteiger partial charge in [-0.2, -0.15) is 0 Å². The molecule has 0 spiro atoms. The van der Waals surface area contributed by atoms with Gasteiger partial charge in [0.2, 0.25) is 0 Å². The second-order valence-corrected chi connectivity index (χ2v) is 7.31. The highest BCUT2D eigenvalue weighted by Crippen LogP contribution is 2.20. The molecule has 2 aromatic rings. The van der Waals surface area contributed by atoms with Crippen LogP contribution in [0.2, 0.25) is 5.02 Å². The fourth-order valence-electron chi connectivity index (χ4n) is 3.02. The van der Waals surface area contributed by atoms with Crippen molar-refractivity contribution in [2.75, 3.05) is 6.54 Å². The average molecular weight is 434 g/mol. The predicted octanol–water partition coefficient (Wildman–Crippen LogP) is 3.92. The van der Waals surface area contributed by atoms with E-state index < -0.39 is 28.2 Å². The average Bonchev–Trinajstić information content (AvgIpc) is 2.73. The van der Waals surface area contributed by atoms with Gasteiger partial charge in [0, 0.05) is 36.5 Å². The smallest absolute Gasteiger partial charge is 0.270 e. The SMILES string of the molecule is CCCCCCCNC(=O)[C@H](C(=O)c1cccc([N+](=O)[O-])c1)n1cc(Cl)ccc1=O. The first kappa shape index (κ1) is 23.3. The van der Waals surface area contributed by atoms with E-state index in [0.29, 0.717) is 6.54 Å². The van der Waals surface area contributed by atoms with Gasteiger partial charge in [-0.25, -0.2) is 0 Å². The normalized spacial score (nSPS) is 11.7. The highest BCUT2D eigenvalue weighted by Gasteiger charge is 2.31. The van der Waals surface area contributed by atoms with Gasteiger partial charge in [0.05, 0.1) is 9.95 Å². The summed E-state index contributed by atoms with van der Waals surface area (Å²) in [5.41, 5.74) is -0.908. The molecule has 1 heterocycles. The molecule has 0 saturated heterocycles. The van der Waals surface area contributed by atoms with Gasteiger partial charge >= 0.3 is 0 Å². The van der Waals surface area contributed by atoms with Gasteiger partial charge in [0.1, 0.15) is 0 Å². The Morgan fingerprint density at radius 1 is 1.17 bits per heavy atom. The molecule has 1 amide bonds. The maximum absolute atomic E-state index is 13.1. The molecule has 9 heteroatoms. The standard InChI is InChI=1S/C21H24ClN3O5/c1-2-3-4-5-6-12-23-21(28)19(24-14-16(22)10-11-18(24)26)20(27)15-8-7-9-17(13-15)25(29)30/h7-11,13-14,19H,2-6,12H2,1H3,(H,23,28)/t19-/m0/s1. The van der Waals surface area contributed by atoms with Crippen LogP contribution >= 0.6 is 11.6 Å². The lowest BCUT2D eigenvalue weighted by Gasteiger charge is -2.19. The summed E-state index contributed by atoms with van der Waals surface area (Å²) in [7, 11) is 0. The number of aromatic nitrogens is 1. The first-order valence-electron chi connectivity index (χ1n) is 9.79. The number of halogens is 1. The zero-order valence-electron chi connectivity index (χ0n) is 16.7. The van der Waals surface area contributed by atoms with Crippen LogP contribution in [0.1, 0.15) is 55.4 Å². The number of non-ortho nitro benzene ring substituents is 1. The number of carbonyl (C=O) groups is 2. The third-order valence-corrected chi connectivity index (χ3v) is 4.82. The summed E-state index contributed by atoms with van der Waals surface area (Å²) in [6, 6.07) is 6.06. The summed E-state index contributed by atoms with van der Waals surface area (Å²) in [5, 5.41) is 13.9. The van der Waals surface area contributed by atoms with Crippen molar-refractivity contribution in [2.24, 2.45) is 0 Å². The van der Waals surface area contributed by atoms with Crippen molar-refractivity contribution in [3.63, 3.8) is 0 Å². The van der Waals surface area contributed by atoms with Gasteiger partial charge in [-0.15, -0.1) is 0 Å². The molecule has 1 atom stereocenters. The van der Waals surface area contributed by atoms with Gasteiger partial charge < -0.3 is 5.32 Å². The van der Waals surface area contributed by atoms with Gasteiger partial charge in [-0.05, 0) is 12.5 Å². The number of Topliss-reactive ketones (excluding diaryl/α,β-unsaturated/α-hetero) is 1. The van der Waals surface area contributed by atoms with Crippen LogP contribution in [-0.2, 0) is 4.79 Å². The molecule has 0 radical (unpaired) electrons. The Hall–Kier alpha value is -3.00. The molecule has 1 N–H and O–H groups in total. The van der Waals surface area contributed by atoms with E-state index in [1.165, 1.54) is 30.5 Å². The lowest BCUT2D eigenvalue weighted by atomic mass is 10.0. The molecule has 1 aromatic heterocycles. The Morgan fingerprint density at radius 3 is 2.60 bits per heavy atom. The minimum Gasteiger partial charge on any atom is -0.354 e. The third-order valence-electron chi connectivity index (χ3n) is 4.60. The lowest BCUT2D eigenvalue weighted by molar-refractivity contribution is -0.384. The van der Waals surface area contributed by atoms with Crippen LogP contribution in [0.4, 0.5) is 5.69 Å². The number of carbonyl (C=O) groups excluding carboxylic acids is 2. The Labute approximate surface area is 179 Å². The second kappa shape index (κ2) is 11.3. The molecule has 0 aliphatic rings. The molecule has 0 aliphatic carbocycles. The summed E-state index contributed by atoms with van der Waals surface area (Å²) < 4.78 is 0.954. The highest BCUT2D eigenvalue weighted by atomic mass is 35.5. The fraction of sp³-hybridized carbons (Fsp3) is 0.381. The van der Waals surface area contributed by atoms with Gasteiger partial charge in [-0.1, -0.05) is 56.3 Å². The number of rotatable bonds is 11. The number of nitrogens with zero attached hydrogens (tertiary/aromatic N) is 2.